The van der Waals surface area contributed by atoms with E-state index in [2.05, 4.69) is 25.8 Å². The molecule has 3 rings (SSSR count). The lowest BCUT2D eigenvalue weighted by atomic mass is 9.95. The highest BCUT2D eigenvalue weighted by Gasteiger charge is 2.33. The van der Waals surface area contributed by atoms with Gasteiger partial charge in [0, 0.05) is 31.4 Å². The predicted octanol–water partition coefficient (Wildman–Crippen LogP) is 4.06. The topological polar surface area (TPSA) is 90.2 Å². The normalized spacial score (nSPS) is 13.4. The molecule has 0 fully saturated rings. The molecule has 8 heteroatoms. The van der Waals surface area contributed by atoms with E-state index in [1.54, 1.807) is 18.9 Å². The smallest absolute Gasteiger partial charge is 0.341 e. The summed E-state index contributed by atoms with van der Waals surface area (Å²) in [6, 6.07) is 5.20. The number of nitrogens with zero attached hydrogens (tertiary/aromatic N) is 2. The van der Waals surface area contributed by atoms with Crippen molar-refractivity contribution in [2.75, 3.05) is 25.8 Å². The third-order valence-electron chi connectivity index (χ3n) is 6.59. The fourth-order valence-electron chi connectivity index (χ4n) is 3.76. The number of rotatable bonds is 9. The van der Waals surface area contributed by atoms with E-state index in [1.165, 1.54) is 12.3 Å². The molecule has 2 aromatic rings. The van der Waals surface area contributed by atoms with Crippen molar-refractivity contribution in [2.45, 2.75) is 65.1 Å². The van der Waals surface area contributed by atoms with Crippen LogP contribution in [-0.2, 0) is 11.3 Å². The zero-order valence-electron chi connectivity index (χ0n) is 20.5. The number of hydrogen-bond donors (Lipinski definition) is 1. The van der Waals surface area contributed by atoms with Crippen molar-refractivity contribution in [3.63, 3.8) is 0 Å². The van der Waals surface area contributed by atoms with Crippen molar-refractivity contribution in [1.29, 1.82) is 0 Å². The number of carbonyl (C=O) groups is 1. The molecule has 0 aliphatic carbocycles. The number of carboxylic acid groups (broad SMARTS) is 1. The Kier molecular flexibility index (Phi) is 6.79. The van der Waals surface area contributed by atoms with Crippen LogP contribution in [0.1, 0.15) is 63.4 Å². The Morgan fingerprint density at radius 1 is 1.12 bits per heavy atom. The number of ether oxygens (including phenoxy) is 3. The number of aromatic carboxylic acids is 1. The summed E-state index contributed by atoms with van der Waals surface area (Å²) in [7, 11) is 3.25. The lowest BCUT2D eigenvalue weighted by Gasteiger charge is -2.45. The lowest BCUT2D eigenvalue weighted by Crippen LogP contribution is -2.52. The van der Waals surface area contributed by atoms with E-state index >= 15 is 0 Å². The van der Waals surface area contributed by atoms with Gasteiger partial charge in [-0.1, -0.05) is 6.92 Å². The Labute approximate surface area is 194 Å². The second-order valence-electron chi connectivity index (χ2n) is 9.53. The molecular formula is C25H34N2O6. The maximum absolute atomic E-state index is 12.6. The molecule has 0 spiro atoms. The summed E-state index contributed by atoms with van der Waals surface area (Å²) < 4.78 is 18.9. The molecule has 180 valence electrons. The van der Waals surface area contributed by atoms with Crippen molar-refractivity contribution in [3.05, 3.63) is 45.7 Å². The Hall–Kier alpha value is -3.00. The lowest BCUT2D eigenvalue weighted by molar-refractivity contribution is 0.00524. The molecule has 0 unspecified atom stereocenters. The van der Waals surface area contributed by atoms with Crippen LogP contribution in [0.15, 0.2) is 29.2 Å². The zero-order chi connectivity index (χ0) is 24.6. The van der Waals surface area contributed by atoms with Crippen molar-refractivity contribution >= 4 is 5.97 Å². The maximum Gasteiger partial charge on any atom is 0.341 e. The Bertz CT molecular complexity index is 1100. The van der Waals surface area contributed by atoms with Gasteiger partial charge in [-0.3, -0.25) is 9.47 Å². The van der Waals surface area contributed by atoms with Gasteiger partial charge in [-0.15, -0.1) is 0 Å². The summed E-state index contributed by atoms with van der Waals surface area (Å²) in [5.41, 5.74) is 1.03. The Morgan fingerprint density at radius 2 is 1.82 bits per heavy atom. The second kappa shape index (κ2) is 9.09. The van der Waals surface area contributed by atoms with E-state index in [4.69, 9.17) is 14.2 Å². The first-order chi connectivity index (χ1) is 15.4. The number of carboxylic acids is 1. The molecule has 0 saturated heterocycles. The van der Waals surface area contributed by atoms with Gasteiger partial charge in [-0.05, 0) is 51.8 Å². The minimum absolute atomic E-state index is 0.258. The fraction of sp³-hybridized carbons (Fsp3) is 0.520. The number of fused-ring (bicyclic) bond motifs is 3. The first-order valence-electron chi connectivity index (χ1n) is 11.1. The van der Waals surface area contributed by atoms with Gasteiger partial charge >= 0.3 is 5.97 Å². The summed E-state index contributed by atoms with van der Waals surface area (Å²) in [5.74, 6) is -0.0699. The quantitative estimate of drug-likeness (QED) is 0.606. The first kappa shape index (κ1) is 24.6. The monoisotopic (exact) mass is 458 g/mol. The highest BCUT2D eigenvalue weighted by atomic mass is 16.5. The summed E-state index contributed by atoms with van der Waals surface area (Å²) >= 11 is 0. The number of methoxy groups -OCH3 is 2. The van der Waals surface area contributed by atoms with Gasteiger partial charge in [0.25, 0.3) is 0 Å². The van der Waals surface area contributed by atoms with E-state index in [-0.39, 0.29) is 16.7 Å². The van der Waals surface area contributed by atoms with Gasteiger partial charge in [0.1, 0.15) is 5.56 Å². The third-order valence-corrected chi connectivity index (χ3v) is 6.59. The van der Waals surface area contributed by atoms with E-state index in [0.717, 1.165) is 17.5 Å². The fourth-order valence-corrected chi connectivity index (χ4v) is 3.76. The van der Waals surface area contributed by atoms with Crippen LogP contribution < -0.4 is 19.9 Å². The standard InChI is InChI=1S/C25H34N2O6/c1-8-24(2,3)27-14-16-11-22(33-10-9-25(4,5)32-7)21(31-6)12-17(16)19-13-20(28)18(23(29)30)15-26(19)27/h11-13,15H,8-10,14H2,1-7H3,(H,29,30). The largest absolute Gasteiger partial charge is 0.493 e. The number of hydrogen-bond acceptors (Lipinski definition) is 6. The summed E-state index contributed by atoms with van der Waals surface area (Å²) in [6.45, 7) is 11.3. The first-order valence-corrected chi connectivity index (χ1v) is 11.1. The van der Waals surface area contributed by atoms with Crippen LogP contribution in [0.4, 0.5) is 0 Å². The molecule has 1 N–H and O–H groups in total. The van der Waals surface area contributed by atoms with E-state index in [1.807, 2.05) is 26.0 Å². The SMILES string of the molecule is CCC(C)(C)N1Cc2cc(OCCC(C)(C)OC)c(OC)cc2-c2cc(=O)c(C(=O)O)cn21. The molecule has 0 amide bonds. The van der Waals surface area contributed by atoms with Gasteiger partial charge in [-0.2, -0.15) is 0 Å². The highest BCUT2D eigenvalue weighted by Crippen LogP contribution is 2.40. The molecule has 0 saturated carbocycles. The highest BCUT2D eigenvalue weighted by molar-refractivity contribution is 5.88. The predicted molar refractivity (Wildman–Crippen MR) is 127 cm³/mol. The van der Waals surface area contributed by atoms with E-state index in [9.17, 15) is 14.7 Å². The van der Waals surface area contributed by atoms with Crippen LogP contribution in [0.2, 0.25) is 0 Å². The van der Waals surface area contributed by atoms with Crippen molar-refractivity contribution < 1.29 is 24.1 Å². The van der Waals surface area contributed by atoms with Gasteiger partial charge < -0.3 is 24.3 Å². The molecule has 2 heterocycles. The molecule has 0 radical (unpaired) electrons. The summed E-state index contributed by atoms with van der Waals surface area (Å²) in [6.07, 6.45) is 2.95. The van der Waals surface area contributed by atoms with Crippen LogP contribution in [0.3, 0.4) is 0 Å². The molecule has 1 aromatic heterocycles. The van der Waals surface area contributed by atoms with Crippen LogP contribution in [0, 0.1) is 0 Å². The molecule has 8 nitrogen and oxygen atoms in total. The van der Waals surface area contributed by atoms with Gasteiger partial charge in [0.2, 0.25) is 0 Å². The minimum atomic E-state index is -1.24. The molecule has 0 atom stereocenters. The van der Waals surface area contributed by atoms with Crippen molar-refractivity contribution in [3.8, 4) is 22.8 Å². The molecule has 1 aliphatic heterocycles. The second-order valence-corrected chi connectivity index (χ2v) is 9.53. The molecule has 1 aliphatic rings. The molecule has 33 heavy (non-hydrogen) atoms. The summed E-state index contributed by atoms with van der Waals surface area (Å²) in [5, 5.41) is 11.6. The van der Waals surface area contributed by atoms with Crippen molar-refractivity contribution in [1.82, 2.24) is 4.68 Å². The van der Waals surface area contributed by atoms with Gasteiger partial charge in [0.15, 0.2) is 16.9 Å². The number of pyridine rings is 1. The number of aromatic nitrogens is 1. The molecule has 0 bridgehead atoms. The average molecular weight is 459 g/mol. The maximum atomic E-state index is 12.6. The minimum Gasteiger partial charge on any atom is -0.493 e. The van der Waals surface area contributed by atoms with Gasteiger partial charge in [-0.25, -0.2) is 4.79 Å². The van der Waals surface area contributed by atoms with Crippen LogP contribution in [0.25, 0.3) is 11.3 Å². The third kappa shape index (κ3) is 4.85. The summed E-state index contributed by atoms with van der Waals surface area (Å²) in [4.78, 5) is 24.2. The van der Waals surface area contributed by atoms with Crippen LogP contribution >= 0.6 is 0 Å². The van der Waals surface area contributed by atoms with E-state index < -0.39 is 11.4 Å². The number of benzene rings is 1. The van der Waals surface area contributed by atoms with E-state index in [0.29, 0.717) is 36.8 Å². The average Bonchev–Trinajstić information content (AvgIpc) is 2.77. The van der Waals surface area contributed by atoms with Gasteiger partial charge in [0.05, 0.1) is 37.1 Å². The molecule has 1 aromatic carbocycles. The van der Waals surface area contributed by atoms with Crippen molar-refractivity contribution in [2.24, 2.45) is 0 Å². The Morgan fingerprint density at radius 3 is 2.39 bits per heavy atom. The van der Waals surface area contributed by atoms with Crippen LogP contribution in [0.5, 0.6) is 11.5 Å². The molecular weight excluding hydrogens is 424 g/mol. The van der Waals surface area contributed by atoms with Crippen LogP contribution in [-0.4, -0.2) is 47.7 Å². The Balaban J connectivity index is 2.12. The zero-order valence-corrected chi connectivity index (χ0v) is 20.5.